The maximum atomic E-state index is 12.7. The molecule has 2 heterocycles. The zero-order valence-corrected chi connectivity index (χ0v) is 13.5. The number of amides is 1. The van der Waals surface area contributed by atoms with Crippen molar-refractivity contribution in [2.75, 3.05) is 39.0 Å². The van der Waals surface area contributed by atoms with Gasteiger partial charge in [0.05, 0.1) is 5.69 Å². The van der Waals surface area contributed by atoms with Gasteiger partial charge in [0.2, 0.25) is 0 Å². The fourth-order valence-corrected chi connectivity index (χ4v) is 3.88. The van der Waals surface area contributed by atoms with Gasteiger partial charge < -0.3 is 15.5 Å². The number of carbonyl (C=O) groups excluding carboxylic acids is 1. The van der Waals surface area contributed by atoms with E-state index in [9.17, 15) is 4.79 Å². The van der Waals surface area contributed by atoms with E-state index in [1.54, 1.807) is 0 Å². The maximum absolute atomic E-state index is 12.7. The van der Waals surface area contributed by atoms with Crippen LogP contribution in [0, 0.1) is 0 Å². The van der Waals surface area contributed by atoms with E-state index < -0.39 is 0 Å². The van der Waals surface area contributed by atoms with Gasteiger partial charge in [-0.15, -0.1) is 11.3 Å². The Hall–Kier alpha value is -1.30. The normalized spacial score (nSPS) is 17.1. The van der Waals surface area contributed by atoms with Crippen LogP contribution in [0.25, 0.3) is 10.1 Å². The standard InChI is InChI=1S/C15H18ClN3OS/c1-18-5-2-6-19(8-7-18)15(20)14-13(17)11-9-10(16)3-4-12(11)21-14/h3-4,9H,2,5-8,17H2,1H3. The number of nitrogens with two attached hydrogens (primary N) is 1. The van der Waals surface area contributed by atoms with Gasteiger partial charge in [0.25, 0.3) is 5.91 Å². The summed E-state index contributed by atoms with van der Waals surface area (Å²) in [6, 6.07) is 5.58. The van der Waals surface area contributed by atoms with Crippen LogP contribution in [0.1, 0.15) is 16.1 Å². The largest absolute Gasteiger partial charge is 0.397 e. The van der Waals surface area contributed by atoms with E-state index in [1.807, 2.05) is 23.1 Å². The Morgan fingerprint density at radius 3 is 2.90 bits per heavy atom. The van der Waals surface area contributed by atoms with E-state index in [1.165, 1.54) is 11.3 Å². The molecule has 1 aromatic heterocycles. The van der Waals surface area contributed by atoms with Gasteiger partial charge in [0, 0.05) is 34.7 Å². The number of hydrogen-bond acceptors (Lipinski definition) is 4. The number of nitrogen functional groups attached to an aromatic ring is 1. The summed E-state index contributed by atoms with van der Waals surface area (Å²) < 4.78 is 1.01. The molecular formula is C15H18ClN3OS. The van der Waals surface area contributed by atoms with Crippen LogP contribution < -0.4 is 5.73 Å². The van der Waals surface area contributed by atoms with Crippen molar-refractivity contribution in [1.29, 1.82) is 0 Å². The molecule has 1 amide bonds. The number of hydrogen-bond donors (Lipinski definition) is 1. The fourth-order valence-electron chi connectivity index (χ4n) is 2.64. The maximum Gasteiger partial charge on any atom is 0.266 e. The van der Waals surface area contributed by atoms with Crippen LogP contribution in [-0.2, 0) is 0 Å². The molecule has 1 fully saturated rings. The zero-order chi connectivity index (χ0) is 15.0. The molecule has 2 aromatic rings. The molecule has 0 unspecified atom stereocenters. The first kappa shape index (κ1) is 14.6. The summed E-state index contributed by atoms with van der Waals surface area (Å²) >= 11 is 7.47. The van der Waals surface area contributed by atoms with Gasteiger partial charge in [0.15, 0.2) is 0 Å². The first-order chi connectivity index (χ1) is 10.1. The molecule has 4 nitrogen and oxygen atoms in total. The number of anilines is 1. The Labute approximate surface area is 133 Å². The lowest BCUT2D eigenvalue weighted by Crippen LogP contribution is -2.34. The molecule has 0 aliphatic carbocycles. The summed E-state index contributed by atoms with van der Waals surface area (Å²) in [6.45, 7) is 3.48. The van der Waals surface area contributed by atoms with E-state index in [2.05, 4.69) is 11.9 Å². The summed E-state index contributed by atoms with van der Waals surface area (Å²) in [5.41, 5.74) is 6.73. The summed E-state index contributed by atoms with van der Waals surface area (Å²) in [7, 11) is 2.09. The molecule has 1 aliphatic heterocycles. The van der Waals surface area contributed by atoms with Crippen molar-refractivity contribution in [2.45, 2.75) is 6.42 Å². The van der Waals surface area contributed by atoms with Gasteiger partial charge in [-0.25, -0.2) is 0 Å². The van der Waals surface area contributed by atoms with Crippen molar-refractivity contribution < 1.29 is 4.79 Å². The Kier molecular flexibility index (Phi) is 4.06. The number of rotatable bonds is 1. The SMILES string of the molecule is CN1CCCN(C(=O)c2sc3ccc(Cl)cc3c2N)CC1. The van der Waals surface area contributed by atoms with Crippen molar-refractivity contribution in [3.8, 4) is 0 Å². The third-order valence-electron chi connectivity index (χ3n) is 3.89. The topological polar surface area (TPSA) is 49.6 Å². The molecule has 1 aromatic carbocycles. The first-order valence-electron chi connectivity index (χ1n) is 7.01. The molecule has 112 valence electrons. The Morgan fingerprint density at radius 2 is 2.10 bits per heavy atom. The van der Waals surface area contributed by atoms with E-state index in [0.29, 0.717) is 15.6 Å². The predicted molar refractivity (Wildman–Crippen MR) is 89.3 cm³/mol. The number of likely N-dealkylation sites (N-methyl/N-ethyl adjacent to an activating group) is 1. The number of nitrogens with zero attached hydrogens (tertiary/aromatic N) is 2. The molecule has 6 heteroatoms. The average Bonchev–Trinajstić information content (AvgIpc) is 2.64. The summed E-state index contributed by atoms with van der Waals surface area (Å²) in [4.78, 5) is 17.5. The molecule has 0 bridgehead atoms. The van der Waals surface area contributed by atoms with Gasteiger partial charge >= 0.3 is 0 Å². The number of carbonyl (C=O) groups is 1. The summed E-state index contributed by atoms with van der Waals surface area (Å²) in [5, 5.41) is 1.52. The third kappa shape index (κ3) is 2.86. The van der Waals surface area contributed by atoms with Gasteiger partial charge in [-0.05, 0) is 38.2 Å². The minimum atomic E-state index is 0.0418. The second-order valence-corrected chi connectivity index (χ2v) is 6.92. The molecule has 1 saturated heterocycles. The van der Waals surface area contributed by atoms with Crippen molar-refractivity contribution in [2.24, 2.45) is 0 Å². The van der Waals surface area contributed by atoms with Gasteiger partial charge in [-0.1, -0.05) is 11.6 Å². The van der Waals surface area contributed by atoms with Crippen molar-refractivity contribution in [3.05, 3.63) is 28.1 Å². The van der Waals surface area contributed by atoms with Gasteiger partial charge in [-0.3, -0.25) is 4.79 Å². The van der Waals surface area contributed by atoms with Crippen molar-refractivity contribution in [3.63, 3.8) is 0 Å². The molecule has 2 N–H and O–H groups in total. The van der Waals surface area contributed by atoms with Crippen LogP contribution in [0.4, 0.5) is 5.69 Å². The second kappa shape index (κ2) is 5.83. The van der Waals surface area contributed by atoms with Crippen LogP contribution in [0.5, 0.6) is 0 Å². The second-order valence-electron chi connectivity index (χ2n) is 5.43. The van der Waals surface area contributed by atoms with E-state index in [0.717, 1.165) is 42.7 Å². The molecule has 1 aliphatic rings. The van der Waals surface area contributed by atoms with Crippen LogP contribution in [0.2, 0.25) is 5.02 Å². The minimum Gasteiger partial charge on any atom is -0.397 e. The lowest BCUT2D eigenvalue weighted by Gasteiger charge is -2.20. The number of thiophene rings is 1. The Morgan fingerprint density at radius 1 is 1.29 bits per heavy atom. The number of benzene rings is 1. The minimum absolute atomic E-state index is 0.0418. The Balaban J connectivity index is 1.92. The van der Waals surface area contributed by atoms with Crippen LogP contribution in [0.3, 0.4) is 0 Å². The van der Waals surface area contributed by atoms with Gasteiger partial charge in [-0.2, -0.15) is 0 Å². The lowest BCUT2D eigenvalue weighted by molar-refractivity contribution is 0.0768. The zero-order valence-electron chi connectivity index (χ0n) is 11.9. The third-order valence-corrected chi connectivity index (χ3v) is 5.30. The predicted octanol–water partition coefficient (Wildman–Crippen LogP) is 2.91. The molecule has 3 rings (SSSR count). The highest BCUT2D eigenvalue weighted by Gasteiger charge is 2.23. The first-order valence-corrected chi connectivity index (χ1v) is 8.21. The average molecular weight is 324 g/mol. The molecule has 0 saturated carbocycles. The lowest BCUT2D eigenvalue weighted by atomic mass is 10.2. The monoisotopic (exact) mass is 323 g/mol. The number of halogens is 1. The Bertz CT molecular complexity index is 685. The highest BCUT2D eigenvalue weighted by molar-refractivity contribution is 7.21. The van der Waals surface area contributed by atoms with Crippen LogP contribution in [0.15, 0.2) is 18.2 Å². The van der Waals surface area contributed by atoms with Crippen molar-refractivity contribution >= 4 is 44.6 Å². The van der Waals surface area contributed by atoms with Crippen molar-refractivity contribution in [1.82, 2.24) is 9.80 Å². The van der Waals surface area contributed by atoms with E-state index in [-0.39, 0.29) is 5.91 Å². The molecule has 0 radical (unpaired) electrons. The summed E-state index contributed by atoms with van der Waals surface area (Å²) in [5.74, 6) is 0.0418. The molecule has 0 atom stereocenters. The smallest absolute Gasteiger partial charge is 0.266 e. The van der Waals surface area contributed by atoms with Crippen LogP contribution in [-0.4, -0.2) is 48.9 Å². The number of fused-ring (bicyclic) bond motifs is 1. The van der Waals surface area contributed by atoms with Gasteiger partial charge in [0.1, 0.15) is 4.88 Å². The highest BCUT2D eigenvalue weighted by Crippen LogP contribution is 2.36. The van der Waals surface area contributed by atoms with Crippen LogP contribution >= 0.6 is 22.9 Å². The van der Waals surface area contributed by atoms with E-state index >= 15 is 0 Å². The quantitative estimate of drug-likeness (QED) is 0.878. The highest BCUT2D eigenvalue weighted by atomic mass is 35.5. The summed E-state index contributed by atoms with van der Waals surface area (Å²) in [6.07, 6.45) is 0.999. The molecule has 0 spiro atoms. The van der Waals surface area contributed by atoms with E-state index in [4.69, 9.17) is 17.3 Å². The molecular weight excluding hydrogens is 306 g/mol. The molecule has 21 heavy (non-hydrogen) atoms. The fraction of sp³-hybridized carbons (Fsp3) is 0.400.